The summed E-state index contributed by atoms with van der Waals surface area (Å²) in [5.74, 6) is -2.17. The molecule has 0 aliphatic carbocycles. The van der Waals surface area contributed by atoms with Crippen molar-refractivity contribution in [3.63, 3.8) is 0 Å². The van der Waals surface area contributed by atoms with Gasteiger partial charge in [-0.05, 0) is 79.6 Å². The largest absolute Gasteiger partial charge is 0.478 e. The number of carboxylic acid groups (broad SMARTS) is 1. The second kappa shape index (κ2) is 14.7. The van der Waals surface area contributed by atoms with E-state index in [1.807, 2.05) is 50.2 Å². The van der Waals surface area contributed by atoms with Crippen molar-refractivity contribution in [1.29, 1.82) is 0 Å². The second-order valence-electron chi connectivity index (χ2n) is 9.66. The van der Waals surface area contributed by atoms with Gasteiger partial charge in [-0.1, -0.05) is 61.0 Å². The van der Waals surface area contributed by atoms with Gasteiger partial charge in [-0.2, -0.15) is 0 Å². The molecule has 1 atom stereocenters. The average molecular weight is 594 g/mol. The summed E-state index contributed by atoms with van der Waals surface area (Å²) >= 11 is 1.34. The molecule has 1 unspecified atom stereocenters. The first-order valence-electron chi connectivity index (χ1n) is 13.6. The summed E-state index contributed by atoms with van der Waals surface area (Å²) in [7, 11) is 0. The lowest BCUT2D eigenvalue weighted by atomic mass is 10.1. The predicted octanol–water partition coefficient (Wildman–Crippen LogP) is 6.61. The van der Waals surface area contributed by atoms with E-state index in [2.05, 4.69) is 16.0 Å². The van der Waals surface area contributed by atoms with Gasteiger partial charge in [0.2, 0.25) is 5.91 Å². The molecular weight excluding hydrogens is 562 g/mol. The molecule has 4 aromatic carbocycles. The normalized spacial score (nSPS) is 11.7. The summed E-state index contributed by atoms with van der Waals surface area (Å²) in [6, 6.07) is 29.3. The molecule has 0 aliphatic rings. The molecule has 0 aliphatic heterocycles. The maximum Gasteiger partial charge on any atom is 0.335 e. The standard InChI is InChI=1S/C34H31N3O5S/c1-3-30(33(40)35-26-18-16-25(17-19-26)34(41)42)43-28-11-7-10-27(21-28)36-32(39)29(20-23-14-12-22(2)13-15-23)37-31(38)24-8-5-4-6-9-24/h4-21,30H,3H2,1-2H3,(H,35,40)(H,36,39)(H,37,38)(H,41,42)/b29-20-. The van der Waals surface area contributed by atoms with E-state index in [9.17, 15) is 19.2 Å². The lowest BCUT2D eigenvalue weighted by Gasteiger charge is -2.16. The maximum absolute atomic E-state index is 13.4. The van der Waals surface area contributed by atoms with Crippen LogP contribution >= 0.6 is 11.8 Å². The third-order valence-electron chi connectivity index (χ3n) is 6.35. The fourth-order valence-electron chi connectivity index (χ4n) is 4.02. The predicted molar refractivity (Wildman–Crippen MR) is 170 cm³/mol. The van der Waals surface area contributed by atoms with Crippen molar-refractivity contribution >= 4 is 52.9 Å². The molecule has 43 heavy (non-hydrogen) atoms. The molecule has 0 saturated heterocycles. The molecule has 218 valence electrons. The first-order chi connectivity index (χ1) is 20.7. The van der Waals surface area contributed by atoms with Crippen molar-refractivity contribution in [1.82, 2.24) is 5.32 Å². The molecule has 0 saturated carbocycles. The summed E-state index contributed by atoms with van der Waals surface area (Å²) in [5, 5.41) is 17.1. The molecule has 0 bridgehead atoms. The average Bonchev–Trinajstić information content (AvgIpc) is 3.01. The van der Waals surface area contributed by atoms with E-state index < -0.39 is 23.0 Å². The van der Waals surface area contributed by atoms with Gasteiger partial charge in [0.15, 0.2) is 0 Å². The number of carbonyl (C=O) groups excluding carboxylic acids is 3. The molecule has 9 heteroatoms. The summed E-state index contributed by atoms with van der Waals surface area (Å²) in [5.41, 5.74) is 3.46. The van der Waals surface area contributed by atoms with Gasteiger partial charge < -0.3 is 21.1 Å². The number of carbonyl (C=O) groups is 4. The highest BCUT2D eigenvalue weighted by atomic mass is 32.2. The second-order valence-corrected chi connectivity index (χ2v) is 10.9. The summed E-state index contributed by atoms with van der Waals surface area (Å²) in [6.07, 6.45) is 2.16. The van der Waals surface area contributed by atoms with Crippen molar-refractivity contribution in [3.05, 3.63) is 131 Å². The van der Waals surface area contributed by atoms with E-state index in [0.29, 0.717) is 23.4 Å². The first-order valence-corrected chi connectivity index (χ1v) is 14.5. The van der Waals surface area contributed by atoms with Gasteiger partial charge in [0.1, 0.15) is 5.70 Å². The quantitative estimate of drug-likeness (QED) is 0.115. The number of nitrogens with one attached hydrogen (secondary N) is 3. The lowest BCUT2D eigenvalue weighted by Crippen LogP contribution is -2.30. The van der Waals surface area contributed by atoms with Crippen LogP contribution < -0.4 is 16.0 Å². The Morgan fingerprint density at radius 3 is 2.14 bits per heavy atom. The van der Waals surface area contributed by atoms with Crippen LogP contribution in [-0.2, 0) is 9.59 Å². The number of anilines is 2. The van der Waals surface area contributed by atoms with E-state index >= 15 is 0 Å². The number of hydrogen-bond donors (Lipinski definition) is 4. The first kappa shape index (κ1) is 30.8. The number of benzene rings is 4. The topological polar surface area (TPSA) is 125 Å². The van der Waals surface area contributed by atoms with Crippen LogP contribution in [-0.4, -0.2) is 34.0 Å². The molecule has 0 fully saturated rings. The van der Waals surface area contributed by atoms with Crippen LogP contribution in [0.1, 0.15) is 45.2 Å². The number of amides is 3. The SMILES string of the molecule is CCC(Sc1cccc(NC(=O)/C(=C/c2ccc(C)cc2)NC(=O)c2ccccc2)c1)C(=O)Nc1ccc(C(=O)O)cc1. The van der Waals surface area contributed by atoms with Crippen LogP contribution in [0.3, 0.4) is 0 Å². The van der Waals surface area contributed by atoms with Crippen LogP contribution in [0, 0.1) is 6.92 Å². The Bertz CT molecular complexity index is 1640. The molecule has 8 nitrogen and oxygen atoms in total. The van der Waals surface area contributed by atoms with E-state index in [1.54, 1.807) is 60.7 Å². The smallest absolute Gasteiger partial charge is 0.335 e. The summed E-state index contributed by atoms with van der Waals surface area (Å²) in [6.45, 7) is 3.86. The highest BCUT2D eigenvalue weighted by molar-refractivity contribution is 8.00. The summed E-state index contributed by atoms with van der Waals surface area (Å²) < 4.78 is 0. The highest BCUT2D eigenvalue weighted by Crippen LogP contribution is 2.29. The van der Waals surface area contributed by atoms with Gasteiger partial charge in [-0.25, -0.2) is 4.79 Å². The molecule has 0 spiro atoms. The Hall–Kier alpha value is -5.15. The van der Waals surface area contributed by atoms with Crippen molar-refractivity contribution in [2.24, 2.45) is 0 Å². The van der Waals surface area contributed by atoms with Crippen molar-refractivity contribution in [2.45, 2.75) is 30.4 Å². The van der Waals surface area contributed by atoms with Gasteiger partial charge in [-0.3, -0.25) is 14.4 Å². The molecule has 3 amide bonds. The Kier molecular flexibility index (Phi) is 10.5. The Balaban J connectivity index is 1.47. The van der Waals surface area contributed by atoms with E-state index in [-0.39, 0.29) is 17.2 Å². The minimum atomic E-state index is -1.04. The van der Waals surface area contributed by atoms with Crippen LogP contribution in [0.2, 0.25) is 0 Å². The molecular formula is C34H31N3O5S. The zero-order chi connectivity index (χ0) is 30.8. The highest BCUT2D eigenvalue weighted by Gasteiger charge is 2.20. The number of aryl methyl sites for hydroxylation is 1. The minimum Gasteiger partial charge on any atom is -0.478 e. The zero-order valence-electron chi connectivity index (χ0n) is 23.7. The number of thioether (sulfide) groups is 1. The molecule has 0 heterocycles. The Morgan fingerprint density at radius 2 is 1.49 bits per heavy atom. The van der Waals surface area contributed by atoms with Gasteiger partial charge in [0.05, 0.1) is 10.8 Å². The van der Waals surface area contributed by atoms with Gasteiger partial charge >= 0.3 is 5.97 Å². The third kappa shape index (κ3) is 8.92. The van der Waals surface area contributed by atoms with Crippen LogP contribution in [0.4, 0.5) is 11.4 Å². The molecule has 4 N–H and O–H groups in total. The van der Waals surface area contributed by atoms with Crippen molar-refractivity contribution in [2.75, 3.05) is 10.6 Å². The van der Waals surface area contributed by atoms with Crippen molar-refractivity contribution < 1.29 is 24.3 Å². The van der Waals surface area contributed by atoms with Gasteiger partial charge in [-0.15, -0.1) is 11.8 Å². The number of hydrogen-bond acceptors (Lipinski definition) is 5. The van der Waals surface area contributed by atoms with Gasteiger partial charge in [0, 0.05) is 21.8 Å². The Labute approximate surface area is 254 Å². The van der Waals surface area contributed by atoms with Crippen molar-refractivity contribution in [3.8, 4) is 0 Å². The molecule has 0 radical (unpaired) electrons. The van der Waals surface area contributed by atoms with Gasteiger partial charge in [0.25, 0.3) is 11.8 Å². The fraction of sp³-hybridized carbons (Fsp3) is 0.118. The fourth-order valence-corrected chi connectivity index (χ4v) is 5.04. The van der Waals surface area contributed by atoms with E-state index in [1.165, 1.54) is 23.9 Å². The molecule has 4 rings (SSSR count). The van der Waals surface area contributed by atoms with E-state index in [0.717, 1.165) is 16.0 Å². The number of carboxylic acids is 1. The summed E-state index contributed by atoms with van der Waals surface area (Å²) in [4.78, 5) is 51.1. The zero-order valence-corrected chi connectivity index (χ0v) is 24.5. The third-order valence-corrected chi connectivity index (χ3v) is 7.71. The number of rotatable bonds is 11. The van der Waals surface area contributed by atoms with E-state index in [4.69, 9.17) is 5.11 Å². The number of aromatic carboxylic acids is 1. The maximum atomic E-state index is 13.4. The molecule has 0 aromatic heterocycles. The lowest BCUT2D eigenvalue weighted by molar-refractivity contribution is -0.116. The van der Waals surface area contributed by atoms with Crippen LogP contribution in [0.25, 0.3) is 6.08 Å². The molecule has 4 aromatic rings. The Morgan fingerprint density at radius 1 is 0.791 bits per heavy atom. The van der Waals surface area contributed by atoms with Crippen LogP contribution in [0.15, 0.2) is 114 Å². The monoisotopic (exact) mass is 593 g/mol. The van der Waals surface area contributed by atoms with Crippen LogP contribution in [0.5, 0.6) is 0 Å². The minimum absolute atomic E-state index is 0.0792.